The molecule has 146 valence electrons. The molecule has 3 aromatic rings. The molecule has 2 aromatic heterocycles. The maximum atomic E-state index is 12.6. The number of fused-ring (bicyclic) bond motifs is 1. The first-order chi connectivity index (χ1) is 14.1. The summed E-state index contributed by atoms with van der Waals surface area (Å²) in [5.74, 6) is 0.424. The van der Waals surface area contributed by atoms with Crippen molar-refractivity contribution >= 4 is 17.9 Å². The molecular weight excluding hydrogens is 368 g/mol. The van der Waals surface area contributed by atoms with Gasteiger partial charge in [-0.3, -0.25) is 9.59 Å². The van der Waals surface area contributed by atoms with Crippen LogP contribution in [-0.4, -0.2) is 36.5 Å². The minimum Gasteiger partial charge on any atom is -0.352 e. The molecule has 1 aliphatic heterocycles. The summed E-state index contributed by atoms with van der Waals surface area (Å²) in [6.07, 6.45) is 8.53. The summed E-state index contributed by atoms with van der Waals surface area (Å²) in [6.45, 7) is 1.86. The average Bonchev–Trinajstić information content (AvgIpc) is 3.27. The third kappa shape index (κ3) is 4.06. The number of hydrogen-bond acceptors (Lipinski definition) is 5. The Labute approximate surface area is 167 Å². The van der Waals surface area contributed by atoms with Crippen LogP contribution >= 0.6 is 0 Å². The number of nitrogens with zero attached hydrogens (tertiary/aromatic N) is 5. The van der Waals surface area contributed by atoms with E-state index in [1.165, 1.54) is 13.3 Å². The highest BCUT2D eigenvalue weighted by Gasteiger charge is 2.28. The van der Waals surface area contributed by atoms with Crippen molar-refractivity contribution in [3.05, 3.63) is 78.1 Å². The summed E-state index contributed by atoms with van der Waals surface area (Å²) >= 11 is 0. The van der Waals surface area contributed by atoms with Crippen molar-refractivity contribution in [3.8, 4) is 5.82 Å². The van der Waals surface area contributed by atoms with E-state index in [1.54, 1.807) is 28.3 Å². The molecular formula is C21H20N6O2. The summed E-state index contributed by atoms with van der Waals surface area (Å²) in [6, 6.07) is 11.2. The van der Waals surface area contributed by atoms with Gasteiger partial charge in [-0.25, -0.2) is 14.6 Å². The first-order valence-corrected chi connectivity index (χ1v) is 9.24. The van der Waals surface area contributed by atoms with Gasteiger partial charge in [0.1, 0.15) is 12.7 Å². The molecule has 2 amide bonds. The third-order valence-corrected chi connectivity index (χ3v) is 4.80. The number of hydrogen-bond donors (Lipinski definition) is 1. The van der Waals surface area contributed by atoms with E-state index in [4.69, 9.17) is 0 Å². The van der Waals surface area contributed by atoms with Gasteiger partial charge in [0.2, 0.25) is 11.8 Å². The molecule has 0 saturated carbocycles. The van der Waals surface area contributed by atoms with E-state index in [2.05, 4.69) is 20.4 Å². The minimum absolute atomic E-state index is 0.0959. The van der Waals surface area contributed by atoms with Crippen LogP contribution in [0.3, 0.4) is 0 Å². The highest BCUT2D eigenvalue weighted by Crippen LogP contribution is 2.32. The first-order valence-electron chi connectivity index (χ1n) is 9.24. The van der Waals surface area contributed by atoms with Crippen molar-refractivity contribution in [2.24, 2.45) is 0 Å². The van der Waals surface area contributed by atoms with E-state index in [1.807, 2.05) is 42.5 Å². The highest BCUT2D eigenvalue weighted by atomic mass is 16.2. The quantitative estimate of drug-likeness (QED) is 0.724. The maximum absolute atomic E-state index is 12.6. The Morgan fingerprint density at radius 2 is 2.03 bits per heavy atom. The number of pyridine rings is 1. The fourth-order valence-electron chi connectivity index (χ4n) is 3.34. The Morgan fingerprint density at radius 1 is 1.17 bits per heavy atom. The lowest BCUT2D eigenvalue weighted by Gasteiger charge is -2.32. The molecule has 0 bridgehead atoms. The van der Waals surface area contributed by atoms with E-state index in [0.29, 0.717) is 12.4 Å². The maximum Gasteiger partial charge on any atom is 0.223 e. The number of carbonyl (C=O) groups is 2. The fourth-order valence-corrected chi connectivity index (χ4v) is 3.34. The lowest BCUT2D eigenvalue weighted by molar-refractivity contribution is -0.130. The summed E-state index contributed by atoms with van der Waals surface area (Å²) in [5.41, 5.74) is 2.87. The van der Waals surface area contributed by atoms with Gasteiger partial charge in [-0.15, -0.1) is 0 Å². The van der Waals surface area contributed by atoms with Crippen LogP contribution in [0.1, 0.15) is 36.1 Å². The Balaban J connectivity index is 1.41. The van der Waals surface area contributed by atoms with Crippen molar-refractivity contribution < 1.29 is 9.59 Å². The second-order valence-corrected chi connectivity index (χ2v) is 6.73. The Hall–Kier alpha value is -3.81. The molecule has 0 fully saturated rings. The van der Waals surface area contributed by atoms with Crippen LogP contribution in [0.2, 0.25) is 0 Å². The van der Waals surface area contributed by atoms with E-state index in [9.17, 15) is 9.59 Å². The van der Waals surface area contributed by atoms with E-state index in [0.717, 1.165) is 16.7 Å². The number of benzene rings is 1. The van der Waals surface area contributed by atoms with Gasteiger partial charge in [0.15, 0.2) is 5.82 Å². The monoisotopic (exact) mass is 388 g/mol. The summed E-state index contributed by atoms with van der Waals surface area (Å²) in [7, 11) is 0. The number of rotatable bonds is 5. The molecule has 8 heteroatoms. The van der Waals surface area contributed by atoms with Crippen LogP contribution in [0.15, 0.2) is 61.4 Å². The third-order valence-electron chi connectivity index (χ3n) is 4.80. The van der Waals surface area contributed by atoms with Gasteiger partial charge in [0.05, 0.1) is 12.5 Å². The Morgan fingerprint density at radius 3 is 2.76 bits per heavy atom. The van der Waals surface area contributed by atoms with Crippen molar-refractivity contribution in [2.45, 2.75) is 25.9 Å². The van der Waals surface area contributed by atoms with Gasteiger partial charge in [0, 0.05) is 25.9 Å². The predicted molar refractivity (Wildman–Crippen MR) is 106 cm³/mol. The SMILES string of the molecule is CC(=O)N1C=Cc2ccccc2[C@H]1CC(=O)NCc1ccc(-n2cncn2)nc1. The minimum atomic E-state index is -0.318. The first kappa shape index (κ1) is 18.5. The lowest BCUT2D eigenvalue weighted by atomic mass is 9.93. The smallest absolute Gasteiger partial charge is 0.223 e. The van der Waals surface area contributed by atoms with Crippen LogP contribution in [0.25, 0.3) is 11.9 Å². The van der Waals surface area contributed by atoms with Crippen LogP contribution in [-0.2, 0) is 16.1 Å². The number of aromatic nitrogens is 4. The van der Waals surface area contributed by atoms with E-state index in [-0.39, 0.29) is 24.3 Å². The zero-order chi connectivity index (χ0) is 20.2. The summed E-state index contributed by atoms with van der Waals surface area (Å²) in [5, 5.41) is 6.95. The van der Waals surface area contributed by atoms with Crippen LogP contribution < -0.4 is 5.32 Å². The molecule has 0 spiro atoms. The highest BCUT2D eigenvalue weighted by molar-refractivity contribution is 5.81. The normalized spacial score (nSPS) is 15.1. The second kappa shape index (κ2) is 8.05. The van der Waals surface area contributed by atoms with E-state index >= 15 is 0 Å². The molecule has 1 aromatic carbocycles. The molecule has 29 heavy (non-hydrogen) atoms. The molecule has 0 radical (unpaired) electrons. The van der Waals surface area contributed by atoms with Gasteiger partial charge in [-0.2, -0.15) is 5.10 Å². The fraction of sp³-hybridized carbons (Fsp3) is 0.190. The van der Waals surface area contributed by atoms with Crippen LogP contribution in [0, 0.1) is 0 Å². The molecule has 4 rings (SSSR count). The largest absolute Gasteiger partial charge is 0.352 e. The van der Waals surface area contributed by atoms with Crippen molar-refractivity contribution in [3.63, 3.8) is 0 Å². The molecule has 0 aliphatic carbocycles. The molecule has 1 atom stereocenters. The van der Waals surface area contributed by atoms with Crippen LogP contribution in [0.4, 0.5) is 0 Å². The van der Waals surface area contributed by atoms with Crippen molar-refractivity contribution in [1.29, 1.82) is 0 Å². The average molecular weight is 388 g/mol. The molecule has 3 heterocycles. The molecule has 0 saturated heterocycles. The standard InChI is InChI=1S/C21H20N6O2/c1-15(28)26-9-8-17-4-2-3-5-18(17)19(26)10-21(29)24-12-16-6-7-20(23-11-16)27-14-22-13-25-27/h2-9,11,13-14,19H,10,12H2,1H3,(H,24,29)/t19-/m1/s1. The molecule has 0 unspecified atom stereocenters. The van der Waals surface area contributed by atoms with E-state index < -0.39 is 0 Å². The molecule has 1 N–H and O–H groups in total. The predicted octanol–water partition coefficient (Wildman–Crippen LogP) is 2.24. The number of carbonyl (C=O) groups excluding carboxylic acids is 2. The summed E-state index contributed by atoms with van der Waals surface area (Å²) < 4.78 is 1.56. The Bertz CT molecular complexity index is 1040. The second-order valence-electron chi connectivity index (χ2n) is 6.73. The topological polar surface area (TPSA) is 93.0 Å². The zero-order valence-corrected chi connectivity index (χ0v) is 15.9. The zero-order valence-electron chi connectivity index (χ0n) is 15.9. The van der Waals surface area contributed by atoms with Gasteiger partial charge >= 0.3 is 0 Å². The van der Waals surface area contributed by atoms with Crippen LogP contribution in [0.5, 0.6) is 0 Å². The Kier molecular flexibility index (Phi) is 5.15. The molecule has 8 nitrogen and oxygen atoms in total. The van der Waals surface area contributed by atoms with Crippen molar-refractivity contribution in [1.82, 2.24) is 30.0 Å². The van der Waals surface area contributed by atoms with Crippen molar-refractivity contribution in [2.75, 3.05) is 0 Å². The summed E-state index contributed by atoms with van der Waals surface area (Å²) in [4.78, 5) is 34.5. The van der Waals surface area contributed by atoms with Gasteiger partial charge in [0.25, 0.3) is 0 Å². The number of nitrogens with one attached hydrogen (secondary N) is 1. The number of amides is 2. The van der Waals surface area contributed by atoms with Gasteiger partial charge in [-0.1, -0.05) is 30.3 Å². The van der Waals surface area contributed by atoms with Gasteiger partial charge in [-0.05, 0) is 28.8 Å². The van der Waals surface area contributed by atoms with Gasteiger partial charge < -0.3 is 10.2 Å². The molecule has 1 aliphatic rings. The lowest BCUT2D eigenvalue weighted by Crippen LogP contribution is -2.35.